The van der Waals surface area contributed by atoms with E-state index in [1.54, 1.807) is 30.3 Å². The van der Waals surface area contributed by atoms with Gasteiger partial charge in [-0.2, -0.15) is 5.10 Å². The van der Waals surface area contributed by atoms with Gasteiger partial charge in [0.05, 0.1) is 33.6 Å². The fourth-order valence-corrected chi connectivity index (χ4v) is 2.54. The lowest BCUT2D eigenvalue weighted by Gasteiger charge is -2.09. The molecule has 0 atom stereocenters. The number of nitrogens with one attached hydrogen (secondary N) is 2. The molecule has 2 rings (SSSR count). The number of benzene rings is 2. The van der Waals surface area contributed by atoms with Gasteiger partial charge >= 0.3 is 0 Å². The second-order valence-corrected chi connectivity index (χ2v) is 6.10. The van der Waals surface area contributed by atoms with Crippen LogP contribution in [0.3, 0.4) is 0 Å². The molecule has 2 aromatic rings. The third kappa shape index (κ3) is 6.39. The molecule has 2 N–H and O–H groups in total. The summed E-state index contributed by atoms with van der Waals surface area (Å²) in [5, 5.41) is 6.90. The lowest BCUT2D eigenvalue weighted by Crippen LogP contribution is -2.34. The molecule has 0 unspecified atom stereocenters. The van der Waals surface area contributed by atoms with E-state index >= 15 is 0 Å². The van der Waals surface area contributed by atoms with E-state index in [2.05, 4.69) is 15.8 Å². The molecule has 0 spiro atoms. The molecule has 0 aliphatic carbocycles. The van der Waals surface area contributed by atoms with Gasteiger partial charge in [-0.25, -0.2) is 5.43 Å². The van der Waals surface area contributed by atoms with Gasteiger partial charge in [-0.3, -0.25) is 9.59 Å². The van der Waals surface area contributed by atoms with Crippen molar-refractivity contribution in [2.24, 2.45) is 5.10 Å². The SMILES string of the molecule is CCOc1ccc(Cl)cc1/C=N/NC(=O)CNC(=O)c1ccc(OC)c(OC)c1. The van der Waals surface area contributed by atoms with Gasteiger partial charge in [0.15, 0.2) is 11.5 Å². The molecule has 0 aliphatic rings. The lowest BCUT2D eigenvalue weighted by atomic mass is 10.2. The minimum Gasteiger partial charge on any atom is -0.493 e. The molecule has 0 bridgehead atoms. The highest BCUT2D eigenvalue weighted by atomic mass is 35.5. The van der Waals surface area contributed by atoms with Gasteiger partial charge in [-0.1, -0.05) is 11.6 Å². The van der Waals surface area contributed by atoms with Crippen LogP contribution in [0.2, 0.25) is 5.02 Å². The Balaban J connectivity index is 1.91. The monoisotopic (exact) mass is 419 g/mol. The largest absolute Gasteiger partial charge is 0.493 e. The van der Waals surface area contributed by atoms with E-state index in [-0.39, 0.29) is 6.54 Å². The highest BCUT2D eigenvalue weighted by molar-refractivity contribution is 6.30. The Morgan fingerprint density at radius 3 is 2.48 bits per heavy atom. The number of amides is 2. The Hall–Kier alpha value is -3.26. The van der Waals surface area contributed by atoms with E-state index in [1.807, 2.05) is 6.92 Å². The number of hydrogen-bond acceptors (Lipinski definition) is 6. The summed E-state index contributed by atoms with van der Waals surface area (Å²) in [6.07, 6.45) is 1.42. The highest BCUT2D eigenvalue weighted by Gasteiger charge is 2.11. The quantitative estimate of drug-likeness (QED) is 0.481. The van der Waals surface area contributed by atoms with Crippen LogP contribution in [0.15, 0.2) is 41.5 Å². The van der Waals surface area contributed by atoms with Crippen LogP contribution in [-0.2, 0) is 4.79 Å². The molecule has 0 saturated carbocycles. The summed E-state index contributed by atoms with van der Waals surface area (Å²) >= 11 is 5.97. The number of ether oxygens (including phenoxy) is 3. The summed E-state index contributed by atoms with van der Waals surface area (Å²) < 4.78 is 15.8. The van der Waals surface area contributed by atoms with Gasteiger partial charge in [0.1, 0.15) is 5.75 Å². The van der Waals surface area contributed by atoms with Crippen LogP contribution in [0.25, 0.3) is 0 Å². The summed E-state index contributed by atoms with van der Waals surface area (Å²) in [4.78, 5) is 24.1. The summed E-state index contributed by atoms with van der Waals surface area (Å²) in [6, 6.07) is 9.80. The van der Waals surface area contributed by atoms with Gasteiger partial charge in [-0.05, 0) is 43.3 Å². The number of hydrogen-bond donors (Lipinski definition) is 2. The first kappa shape index (κ1) is 22.0. The Morgan fingerprint density at radius 1 is 1.07 bits per heavy atom. The molecule has 0 radical (unpaired) electrons. The standard InChI is InChI=1S/C20H22ClN3O5/c1-4-29-16-8-6-15(21)9-14(16)11-23-24-19(25)12-22-20(26)13-5-7-17(27-2)18(10-13)28-3/h5-11H,4,12H2,1-3H3,(H,22,26)(H,24,25)/b23-11+. The molecule has 0 aliphatic heterocycles. The molecule has 0 aromatic heterocycles. The van der Waals surface area contributed by atoms with Gasteiger partial charge in [-0.15, -0.1) is 0 Å². The predicted molar refractivity (Wildman–Crippen MR) is 110 cm³/mol. The number of carbonyl (C=O) groups excluding carboxylic acids is 2. The maximum absolute atomic E-state index is 12.2. The highest BCUT2D eigenvalue weighted by Crippen LogP contribution is 2.27. The zero-order valence-electron chi connectivity index (χ0n) is 16.3. The van der Waals surface area contributed by atoms with Crippen molar-refractivity contribution in [1.29, 1.82) is 0 Å². The van der Waals surface area contributed by atoms with E-state index in [4.69, 9.17) is 25.8 Å². The van der Waals surface area contributed by atoms with E-state index in [0.29, 0.717) is 40.0 Å². The van der Waals surface area contributed by atoms with Crippen molar-refractivity contribution >= 4 is 29.6 Å². The zero-order chi connectivity index (χ0) is 21.2. The van der Waals surface area contributed by atoms with Crippen molar-refractivity contribution in [2.75, 3.05) is 27.4 Å². The summed E-state index contributed by atoms with van der Waals surface area (Å²) in [7, 11) is 2.98. The molecule has 0 saturated heterocycles. The van der Waals surface area contributed by atoms with Crippen LogP contribution in [0.4, 0.5) is 0 Å². The van der Waals surface area contributed by atoms with Crippen molar-refractivity contribution in [1.82, 2.24) is 10.7 Å². The van der Waals surface area contributed by atoms with Crippen LogP contribution < -0.4 is 25.0 Å². The number of rotatable bonds is 9. The molecule has 0 fully saturated rings. The Labute approximate surface area is 173 Å². The van der Waals surface area contributed by atoms with Crippen molar-refractivity contribution in [3.63, 3.8) is 0 Å². The number of halogens is 1. The number of methoxy groups -OCH3 is 2. The molecule has 154 valence electrons. The Kier molecular flexibility index (Phi) is 8.29. The second kappa shape index (κ2) is 10.9. The fourth-order valence-electron chi connectivity index (χ4n) is 2.36. The van der Waals surface area contributed by atoms with Crippen LogP contribution in [0, 0.1) is 0 Å². The van der Waals surface area contributed by atoms with Gasteiger partial charge in [0.25, 0.3) is 11.8 Å². The molecule has 8 nitrogen and oxygen atoms in total. The van der Waals surface area contributed by atoms with Gasteiger partial charge in [0.2, 0.25) is 0 Å². The maximum Gasteiger partial charge on any atom is 0.259 e. The lowest BCUT2D eigenvalue weighted by molar-refractivity contribution is -0.120. The fraction of sp³-hybridized carbons (Fsp3) is 0.250. The Bertz CT molecular complexity index is 902. The smallest absolute Gasteiger partial charge is 0.259 e. The first-order valence-corrected chi connectivity index (χ1v) is 9.10. The van der Waals surface area contributed by atoms with E-state index in [1.165, 1.54) is 26.5 Å². The van der Waals surface area contributed by atoms with E-state index in [0.717, 1.165) is 0 Å². The molecule has 2 aromatic carbocycles. The van der Waals surface area contributed by atoms with Crippen molar-refractivity contribution in [3.05, 3.63) is 52.5 Å². The van der Waals surface area contributed by atoms with E-state index < -0.39 is 11.8 Å². The summed E-state index contributed by atoms with van der Waals surface area (Å²) in [6.45, 7) is 2.09. The van der Waals surface area contributed by atoms with Crippen molar-refractivity contribution in [3.8, 4) is 17.2 Å². The third-order valence-electron chi connectivity index (χ3n) is 3.72. The van der Waals surface area contributed by atoms with E-state index in [9.17, 15) is 9.59 Å². The first-order chi connectivity index (χ1) is 14.0. The summed E-state index contributed by atoms with van der Waals surface area (Å²) in [5.41, 5.74) is 3.29. The zero-order valence-corrected chi connectivity index (χ0v) is 17.1. The molecule has 0 heterocycles. The average molecular weight is 420 g/mol. The van der Waals surface area contributed by atoms with Gasteiger partial charge in [0, 0.05) is 16.1 Å². The van der Waals surface area contributed by atoms with Gasteiger partial charge < -0.3 is 19.5 Å². The van der Waals surface area contributed by atoms with Crippen LogP contribution in [0.5, 0.6) is 17.2 Å². The molecule has 9 heteroatoms. The predicted octanol–water partition coefficient (Wildman–Crippen LogP) is 2.64. The van der Waals surface area contributed by atoms with Crippen LogP contribution in [0.1, 0.15) is 22.8 Å². The molecule has 2 amide bonds. The molecule has 29 heavy (non-hydrogen) atoms. The van der Waals surface area contributed by atoms with Crippen molar-refractivity contribution in [2.45, 2.75) is 6.92 Å². The number of nitrogens with zero attached hydrogens (tertiary/aromatic N) is 1. The topological polar surface area (TPSA) is 98.2 Å². The van der Waals surface area contributed by atoms with Crippen LogP contribution in [-0.4, -0.2) is 45.4 Å². The molecular formula is C20H22ClN3O5. The minimum atomic E-state index is -0.491. The number of carbonyl (C=O) groups is 2. The summed E-state index contributed by atoms with van der Waals surface area (Å²) in [5.74, 6) is 0.592. The van der Waals surface area contributed by atoms with Crippen molar-refractivity contribution < 1.29 is 23.8 Å². The minimum absolute atomic E-state index is 0.252. The average Bonchev–Trinajstić information content (AvgIpc) is 2.73. The third-order valence-corrected chi connectivity index (χ3v) is 3.95. The molecular weight excluding hydrogens is 398 g/mol. The van der Waals surface area contributed by atoms with Crippen LogP contribution >= 0.6 is 11.6 Å². The number of hydrazone groups is 1. The maximum atomic E-state index is 12.2. The normalized spacial score (nSPS) is 10.5. The second-order valence-electron chi connectivity index (χ2n) is 5.66. The Morgan fingerprint density at radius 2 is 1.79 bits per heavy atom. The first-order valence-electron chi connectivity index (χ1n) is 8.73.